The summed E-state index contributed by atoms with van der Waals surface area (Å²) in [5.74, 6) is 3.41. The second kappa shape index (κ2) is 13.3. The Morgan fingerprint density at radius 3 is 2.58 bits per heavy atom. The standard InChI is InChI=1S/C29H38N2O4S/c1-34-23-5-8-25(9-6-23)36-17-3-15-31-16-13-21(22(19-31)20-32)4-11-29(33)26-12-14-30-28-10-7-24(35-2)18-27(26)28/h5-10,12,14,18,21-22,29,32-33H,3-4,11,13,15-17,19-20H2,1-2H3/t21-,22-,29?/m1/s1. The van der Waals surface area contributed by atoms with Crippen LogP contribution in [-0.4, -0.2) is 66.3 Å². The van der Waals surface area contributed by atoms with Crippen LogP contribution >= 0.6 is 11.8 Å². The second-order valence-electron chi connectivity index (χ2n) is 9.55. The van der Waals surface area contributed by atoms with Gasteiger partial charge in [0.2, 0.25) is 0 Å². The molecule has 4 rings (SSSR count). The number of likely N-dealkylation sites (tertiary alicyclic amines) is 1. The first-order valence-electron chi connectivity index (χ1n) is 12.8. The Bertz CT molecular complexity index is 1090. The highest BCUT2D eigenvalue weighted by atomic mass is 32.2. The number of nitrogens with zero attached hydrogens (tertiary/aromatic N) is 2. The van der Waals surface area contributed by atoms with E-state index >= 15 is 0 Å². The maximum atomic E-state index is 11.0. The smallest absolute Gasteiger partial charge is 0.119 e. The number of aliphatic hydroxyl groups is 2. The fraction of sp³-hybridized carbons (Fsp3) is 0.483. The van der Waals surface area contributed by atoms with E-state index in [1.807, 2.05) is 48.2 Å². The average Bonchev–Trinajstić information content (AvgIpc) is 2.93. The first-order valence-corrected chi connectivity index (χ1v) is 13.8. The molecule has 194 valence electrons. The molecule has 36 heavy (non-hydrogen) atoms. The van der Waals surface area contributed by atoms with Gasteiger partial charge in [0.1, 0.15) is 11.5 Å². The minimum Gasteiger partial charge on any atom is -0.497 e. The van der Waals surface area contributed by atoms with E-state index < -0.39 is 6.10 Å². The van der Waals surface area contributed by atoms with Crippen LogP contribution in [-0.2, 0) is 0 Å². The Kier molecular flexibility index (Phi) is 9.87. The predicted molar refractivity (Wildman–Crippen MR) is 146 cm³/mol. The number of aliphatic hydroxyl groups excluding tert-OH is 2. The number of benzene rings is 2. The summed E-state index contributed by atoms with van der Waals surface area (Å²) in [6.45, 7) is 3.24. The van der Waals surface area contributed by atoms with Crippen molar-refractivity contribution in [3.8, 4) is 11.5 Å². The molecule has 0 aliphatic carbocycles. The molecule has 1 aromatic heterocycles. The number of rotatable bonds is 12. The van der Waals surface area contributed by atoms with Gasteiger partial charge in [0.05, 0.1) is 25.8 Å². The molecule has 3 atom stereocenters. The molecule has 7 heteroatoms. The summed E-state index contributed by atoms with van der Waals surface area (Å²) in [4.78, 5) is 8.18. The van der Waals surface area contributed by atoms with Gasteiger partial charge >= 0.3 is 0 Å². The van der Waals surface area contributed by atoms with Crippen molar-refractivity contribution in [1.82, 2.24) is 9.88 Å². The van der Waals surface area contributed by atoms with E-state index in [0.717, 1.165) is 72.6 Å². The molecule has 3 aromatic rings. The lowest BCUT2D eigenvalue weighted by Gasteiger charge is -2.38. The van der Waals surface area contributed by atoms with Crippen molar-refractivity contribution in [1.29, 1.82) is 0 Å². The average molecular weight is 511 g/mol. The first-order chi connectivity index (χ1) is 17.6. The van der Waals surface area contributed by atoms with Crippen LogP contribution in [0.4, 0.5) is 0 Å². The number of fused-ring (bicyclic) bond motifs is 1. The number of hydrogen-bond acceptors (Lipinski definition) is 7. The van der Waals surface area contributed by atoms with E-state index in [-0.39, 0.29) is 12.5 Å². The molecule has 0 spiro atoms. The maximum Gasteiger partial charge on any atom is 0.119 e. The lowest BCUT2D eigenvalue weighted by molar-refractivity contribution is 0.0581. The Hall–Kier alpha value is -2.32. The molecular formula is C29H38N2O4S. The van der Waals surface area contributed by atoms with Crippen LogP contribution in [0, 0.1) is 11.8 Å². The minimum absolute atomic E-state index is 0.202. The molecule has 1 saturated heterocycles. The van der Waals surface area contributed by atoms with Crippen LogP contribution in [0.5, 0.6) is 11.5 Å². The summed E-state index contributed by atoms with van der Waals surface area (Å²) in [5, 5.41) is 22.1. The first kappa shape index (κ1) is 26.7. The number of hydrogen-bond donors (Lipinski definition) is 2. The number of aromatic nitrogens is 1. The normalized spacial score (nSPS) is 19.3. The van der Waals surface area contributed by atoms with Crippen molar-refractivity contribution in [2.24, 2.45) is 11.8 Å². The van der Waals surface area contributed by atoms with E-state index in [4.69, 9.17) is 9.47 Å². The summed E-state index contributed by atoms with van der Waals surface area (Å²) in [7, 11) is 3.34. The topological polar surface area (TPSA) is 75.1 Å². The maximum absolute atomic E-state index is 11.0. The summed E-state index contributed by atoms with van der Waals surface area (Å²) < 4.78 is 10.6. The lowest BCUT2D eigenvalue weighted by atomic mass is 9.81. The van der Waals surface area contributed by atoms with Gasteiger partial charge in [-0.25, -0.2) is 0 Å². The van der Waals surface area contributed by atoms with E-state index in [2.05, 4.69) is 22.0 Å². The molecule has 2 aromatic carbocycles. The van der Waals surface area contributed by atoms with Crippen molar-refractivity contribution >= 4 is 22.7 Å². The SMILES string of the molecule is COc1ccc(SCCCN2CC[C@@H](CCC(O)c3ccnc4ccc(OC)cc34)[C@@H](CO)C2)cc1. The van der Waals surface area contributed by atoms with Crippen molar-refractivity contribution in [3.63, 3.8) is 0 Å². The number of piperidine rings is 1. The van der Waals surface area contributed by atoms with Gasteiger partial charge in [0.15, 0.2) is 0 Å². The molecular weight excluding hydrogens is 472 g/mol. The summed E-state index contributed by atoms with van der Waals surface area (Å²) in [5.41, 5.74) is 1.75. The van der Waals surface area contributed by atoms with Crippen LogP contribution in [0.3, 0.4) is 0 Å². The highest BCUT2D eigenvalue weighted by Crippen LogP contribution is 2.33. The van der Waals surface area contributed by atoms with E-state index in [9.17, 15) is 10.2 Å². The monoisotopic (exact) mass is 510 g/mol. The Balaban J connectivity index is 1.24. The number of thioether (sulfide) groups is 1. The minimum atomic E-state index is -0.560. The van der Waals surface area contributed by atoms with Crippen LogP contribution in [0.1, 0.15) is 37.4 Å². The third-order valence-electron chi connectivity index (χ3n) is 7.31. The molecule has 1 aliphatic heterocycles. The van der Waals surface area contributed by atoms with Gasteiger partial charge in [-0.3, -0.25) is 4.98 Å². The van der Waals surface area contributed by atoms with Crippen molar-refractivity contribution in [2.45, 2.75) is 36.7 Å². The van der Waals surface area contributed by atoms with Gasteiger partial charge in [-0.15, -0.1) is 11.8 Å². The molecule has 6 nitrogen and oxygen atoms in total. The molecule has 0 amide bonds. The molecule has 0 bridgehead atoms. The Labute approximate surface area is 218 Å². The Morgan fingerprint density at radius 1 is 1.06 bits per heavy atom. The lowest BCUT2D eigenvalue weighted by Crippen LogP contribution is -2.42. The van der Waals surface area contributed by atoms with E-state index in [0.29, 0.717) is 12.3 Å². The van der Waals surface area contributed by atoms with Crippen molar-refractivity contribution in [2.75, 3.05) is 46.2 Å². The second-order valence-corrected chi connectivity index (χ2v) is 10.7. The fourth-order valence-corrected chi connectivity index (χ4v) is 6.03. The zero-order valence-electron chi connectivity index (χ0n) is 21.3. The molecule has 1 aliphatic rings. The van der Waals surface area contributed by atoms with Gasteiger partial charge in [0.25, 0.3) is 0 Å². The third-order valence-corrected chi connectivity index (χ3v) is 8.41. The molecule has 0 saturated carbocycles. The van der Waals surface area contributed by atoms with Crippen molar-refractivity contribution < 1.29 is 19.7 Å². The van der Waals surface area contributed by atoms with Gasteiger partial charge in [0, 0.05) is 29.6 Å². The Morgan fingerprint density at radius 2 is 1.83 bits per heavy atom. The number of methoxy groups -OCH3 is 2. The zero-order valence-corrected chi connectivity index (χ0v) is 22.1. The summed E-state index contributed by atoms with van der Waals surface area (Å²) in [6.07, 6.45) is 4.97. The fourth-order valence-electron chi connectivity index (χ4n) is 5.19. The highest BCUT2D eigenvalue weighted by Gasteiger charge is 2.29. The van der Waals surface area contributed by atoms with Crippen LogP contribution in [0.15, 0.2) is 59.6 Å². The van der Waals surface area contributed by atoms with Crippen LogP contribution in [0.2, 0.25) is 0 Å². The number of ether oxygens (including phenoxy) is 2. The van der Waals surface area contributed by atoms with Gasteiger partial charge in [-0.05, 0) is 110 Å². The largest absolute Gasteiger partial charge is 0.497 e. The zero-order chi connectivity index (χ0) is 25.3. The third kappa shape index (κ3) is 6.91. The molecule has 2 heterocycles. The van der Waals surface area contributed by atoms with Gasteiger partial charge < -0.3 is 24.6 Å². The van der Waals surface area contributed by atoms with E-state index in [1.165, 1.54) is 4.90 Å². The van der Waals surface area contributed by atoms with Gasteiger partial charge in [-0.1, -0.05) is 0 Å². The summed E-state index contributed by atoms with van der Waals surface area (Å²) >= 11 is 1.88. The summed E-state index contributed by atoms with van der Waals surface area (Å²) in [6, 6.07) is 15.9. The van der Waals surface area contributed by atoms with Crippen LogP contribution in [0.25, 0.3) is 10.9 Å². The van der Waals surface area contributed by atoms with E-state index in [1.54, 1.807) is 20.4 Å². The highest BCUT2D eigenvalue weighted by molar-refractivity contribution is 7.99. The quantitative estimate of drug-likeness (QED) is 0.257. The molecule has 2 N–H and O–H groups in total. The van der Waals surface area contributed by atoms with Gasteiger partial charge in [-0.2, -0.15) is 0 Å². The molecule has 1 fully saturated rings. The predicted octanol–water partition coefficient (Wildman–Crippen LogP) is 5.18. The molecule has 0 radical (unpaired) electrons. The number of pyridine rings is 1. The van der Waals surface area contributed by atoms with Crippen molar-refractivity contribution in [3.05, 3.63) is 60.3 Å². The molecule has 1 unspecified atom stereocenters. The van der Waals surface area contributed by atoms with Crippen LogP contribution < -0.4 is 9.47 Å².